The van der Waals surface area contributed by atoms with Crippen molar-refractivity contribution in [2.24, 2.45) is 11.0 Å². The Hall–Kier alpha value is -1.50. The summed E-state index contributed by atoms with van der Waals surface area (Å²) in [4.78, 5) is 24.8. The van der Waals surface area contributed by atoms with Crippen LogP contribution in [0.4, 0.5) is 0 Å². The van der Waals surface area contributed by atoms with Gasteiger partial charge in [0.25, 0.3) is 0 Å². The van der Waals surface area contributed by atoms with Crippen molar-refractivity contribution < 1.29 is 23.8 Å². The van der Waals surface area contributed by atoms with Crippen LogP contribution in [-0.4, -0.2) is 42.4 Å². The highest BCUT2D eigenvalue weighted by Crippen LogP contribution is 2.32. The van der Waals surface area contributed by atoms with Crippen molar-refractivity contribution in [3.63, 3.8) is 0 Å². The number of carbonyl (C=O) groups excluding carboxylic acids is 2. The van der Waals surface area contributed by atoms with Crippen LogP contribution in [0.5, 0.6) is 0 Å². The molecule has 1 aliphatic rings. The van der Waals surface area contributed by atoms with Crippen LogP contribution in [0.15, 0.2) is 5.11 Å². The topological polar surface area (TPSA) is 111 Å². The molecule has 0 aromatic heterocycles. The molecule has 0 aromatic carbocycles. The molecule has 8 nitrogen and oxygen atoms in total. The number of carbonyl (C=O) groups is 2. The third kappa shape index (κ3) is 4.26. The van der Waals surface area contributed by atoms with Gasteiger partial charge >= 0.3 is 11.9 Å². The van der Waals surface area contributed by atoms with E-state index in [1.807, 2.05) is 0 Å². The SMILES string of the molecule is CC(=O)OCC1O[C@@H](Cl)C(C)[C@@H](N=[N+]=[N-])[C@H]1OC(C)=O. The molecule has 1 saturated heterocycles. The number of hydrogen-bond acceptors (Lipinski definition) is 6. The predicted octanol–water partition coefficient (Wildman–Crippen LogP) is 1.76. The Balaban J connectivity index is 2.95. The summed E-state index contributed by atoms with van der Waals surface area (Å²) in [5.74, 6) is -1.41. The van der Waals surface area contributed by atoms with Gasteiger partial charge in [-0.2, -0.15) is 0 Å². The van der Waals surface area contributed by atoms with Crippen LogP contribution in [0.2, 0.25) is 0 Å². The molecule has 9 heteroatoms. The lowest BCUT2D eigenvalue weighted by molar-refractivity contribution is -0.183. The third-order valence-electron chi connectivity index (χ3n) is 2.90. The summed E-state index contributed by atoms with van der Waals surface area (Å²) in [6.07, 6.45) is -1.63. The Kier molecular flexibility index (Phi) is 6.06. The number of halogens is 1. The summed E-state index contributed by atoms with van der Waals surface area (Å²) in [5.41, 5.74) is 7.89. The van der Waals surface area contributed by atoms with Gasteiger partial charge < -0.3 is 14.2 Å². The summed E-state index contributed by atoms with van der Waals surface area (Å²) in [5, 5.41) is 3.63. The predicted molar refractivity (Wildman–Crippen MR) is 68.8 cm³/mol. The summed E-state index contributed by atoms with van der Waals surface area (Å²) in [7, 11) is 0. The highest BCUT2D eigenvalue weighted by Gasteiger charge is 2.45. The monoisotopic (exact) mass is 305 g/mol. The van der Waals surface area contributed by atoms with E-state index >= 15 is 0 Å². The summed E-state index contributed by atoms with van der Waals surface area (Å²) in [6.45, 7) is 4.05. The number of ether oxygens (including phenoxy) is 3. The minimum absolute atomic E-state index is 0.138. The molecule has 0 saturated carbocycles. The lowest BCUT2D eigenvalue weighted by Crippen LogP contribution is -2.54. The maximum atomic E-state index is 11.2. The van der Waals surface area contributed by atoms with Crippen molar-refractivity contribution in [2.45, 2.75) is 44.6 Å². The summed E-state index contributed by atoms with van der Waals surface area (Å²) >= 11 is 6.02. The van der Waals surface area contributed by atoms with Gasteiger partial charge in [0.2, 0.25) is 0 Å². The molecule has 112 valence electrons. The molecule has 0 amide bonds. The van der Waals surface area contributed by atoms with E-state index in [2.05, 4.69) is 10.0 Å². The normalized spacial score (nSPS) is 32.9. The van der Waals surface area contributed by atoms with Crippen molar-refractivity contribution in [2.75, 3.05) is 6.61 Å². The fourth-order valence-corrected chi connectivity index (χ4v) is 2.23. The molecular weight excluding hydrogens is 290 g/mol. The van der Waals surface area contributed by atoms with E-state index in [0.29, 0.717) is 0 Å². The number of azide groups is 1. The van der Waals surface area contributed by atoms with Crippen LogP contribution in [0.1, 0.15) is 20.8 Å². The quantitative estimate of drug-likeness (QED) is 0.258. The van der Waals surface area contributed by atoms with E-state index in [-0.39, 0.29) is 12.5 Å². The van der Waals surface area contributed by atoms with Crippen LogP contribution in [-0.2, 0) is 23.8 Å². The molecule has 1 aliphatic heterocycles. The first-order valence-corrected chi connectivity index (χ1v) is 6.44. The van der Waals surface area contributed by atoms with Gasteiger partial charge in [-0.1, -0.05) is 23.6 Å². The van der Waals surface area contributed by atoms with E-state index in [1.165, 1.54) is 13.8 Å². The molecule has 20 heavy (non-hydrogen) atoms. The maximum Gasteiger partial charge on any atom is 0.303 e. The number of esters is 2. The third-order valence-corrected chi connectivity index (χ3v) is 3.40. The van der Waals surface area contributed by atoms with Crippen LogP contribution >= 0.6 is 11.6 Å². The van der Waals surface area contributed by atoms with Crippen LogP contribution in [0.25, 0.3) is 10.4 Å². The van der Waals surface area contributed by atoms with Crippen molar-refractivity contribution in [1.82, 2.24) is 0 Å². The largest absolute Gasteiger partial charge is 0.463 e. The molecule has 1 rings (SSSR count). The van der Waals surface area contributed by atoms with Gasteiger partial charge in [0, 0.05) is 24.7 Å². The van der Waals surface area contributed by atoms with Crippen molar-refractivity contribution in [1.29, 1.82) is 0 Å². The molecule has 5 atom stereocenters. The molecule has 2 unspecified atom stereocenters. The Labute approximate surface area is 120 Å². The second-order valence-corrected chi connectivity index (χ2v) is 4.89. The van der Waals surface area contributed by atoms with Crippen LogP contribution < -0.4 is 0 Å². The van der Waals surface area contributed by atoms with Gasteiger partial charge in [0.05, 0.1) is 6.04 Å². The average Bonchev–Trinajstić information content (AvgIpc) is 2.35. The minimum Gasteiger partial charge on any atom is -0.463 e. The average molecular weight is 306 g/mol. The zero-order valence-corrected chi connectivity index (χ0v) is 12.1. The van der Waals surface area contributed by atoms with Crippen molar-refractivity contribution in [3.8, 4) is 0 Å². The number of alkyl halides is 1. The van der Waals surface area contributed by atoms with Gasteiger partial charge in [-0.3, -0.25) is 9.59 Å². The van der Waals surface area contributed by atoms with E-state index < -0.39 is 35.8 Å². The van der Waals surface area contributed by atoms with Crippen LogP contribution in [0.3, 0.4) is 0 Å². The van der Waals surface area contributed by atoms with Gasteiger partial charge in [-0.25, -0.2) is 0 Å². The zero-order chi connectivity index (χ0) is 15.3. The van der Waals surface area contributed by atoms with E-state index in [4.69, 9.17) is 31.3 Å². The Morgan fingerprint density at radius 3 is 2.55 bits per heavy atom. The van der Waals surface area contributed by atoms with Gasteiger partial charge in [-0.15, -0.1) is 0 Å². The van der Waals surface area contributed by atoms with Crippen molar-refractivity contribution in [3.05, 3.63) is 10.4 Å². The van der Waals surface area contributed by atoms with Gasteiger partial charge in [-0.05, 0) is 5.53 Å². The van der Waals surface area contributed by atoms with Crippen LogP contribution in [0, 0.1) is 5.92 Å². The molecule has 0 bridgehead atoms. The maximum absolute atomic E-state index is 11.2. The molecule has 0 radical (unpaired) electrons. The summed E-state index contributed by atoms with van der Waals surface area (Å²) in [6, 6.07) is -0.694. The highest BCUT2D eigenvalue weighted by molar-refractivity contribution is 6.20. The lowest BCUT2D eigenvalue weighted by Gasteiger charge is -2.41. The number of hydrogen-bond donors (Lipinski definition) is 0. The van der Waals surface area contributed by atoms with E-state index in [9.17, 15) is 9.59 Å². The molecule has 0 aliphatic carbocycles. The lowest BCUT2D eigenvalue weighted by atomic mass is 9.91. The minimum atomic E-state index is -0.854. The highest BCUT2D eigenvalue weighted by atomic mass is 35.5. The number of nitrogens with zero attached hydrogens (tertiary/aromatic N) is 3. The van der Waals surface area contributed by atoms with E-state index in [1.54, 1.807) is 6.92 Å². The Morgan fingerprint density at radius 2 is 2.05 bits per heavy atom. The smallest absolute Gasteiger partial charge is 0.303 e. The second-order valence-electron chi connectivity index (χ2n) is 4.46. The van der Waals surface area contributed by atoms with Crippen molar-refractivity contribution >= 4 is 23.5 Å². The zero-order valence-electron chi connectivity index (χ0n) is 11.4. The van der Waals surface area contributed by atoms with E-state index in [0.717, 1.165) is 0 Å². The molecule has 0 N–H and O–H groups in total. The Morgan fingerprint density at radius 1 is 1.40 bits per heavy atom. The molecule has 0 aromatic rings. The standard InChI is InChI=1S/C11H16ClN3O5/c1-5-9(14-15-13)10(19-7(3)17)8(20-11(5)12)4-18-6(2)16/h5,8-11H,4H2,1-3H3/t5?,8?,9-,10+,11-/m1/s1. The first kappa shape index (κ1) is 16.6. The Bertz CT molecular complexity index is 426. The molecular formula is C11H16ClN3O5. The fraction of sp³-hybridized carbons (Fsp3) is 0.818. The van der Waals surface area contributed by atoms with Gasteiger partial charge in [0.15, 0.2) is 0 Å². The number of rotatable bonds is 4. The first-order valence-electron chi connectivity index (χ1n) is 6.01. The second kappa shape index (κ2) is 7.33. The molecule has 0 spiro atoms. The fourth-order valence-electron chi connectivity index (χ4n) is 1.94. The molecule has 1 fully saturated rings. The van der Waals surface area contributed by atoms with Gasteiger partial charge in [0.1, 0.15) is 24.4 Å². The summed E-state index contributed by atoms with van der Waals surface area (Å²) < 4.78 is 15.5. The first-order chi connectivity index (χ1) is 9.36. The molecule has 1 heterocycles.